The standard InChI is InChI=1S/C37H31N3/c1-28-11-13-29(14-12-28)31-17-23-35(24-18-31)40(34-8-4-3-5-9-34)36-25-19-32(20-26-36)30-15-21-33(22-16-30)39(2)37-10-6-7-27-38-37/h3-27H,1-2H3. The number of hydrogen-bond acceptors (Lipinski definition) is 3. The molecule has 0 spiro atoms. The number of anilines is 5. The Morgan fingerprint density at radius 3 is 1.32 bits per heavy atom. The topological polar surface area (TPSA) is 19.4 Å². The highest BCUT2D eigenvalue weighted by atomic mass is 15.2. The van der Waals surface area contributed by atoms with Crippen LogP contribution in [0.5, 0.6) is 0 Å². The van der Waals surface area contributed by atoms with Crippen LogP contribution in [0, 0.1) is 6.92 Å². The highest BCUT2D eigenvalue weighted by Crippen LogP contribution is 2.36. The van der Waals surface area contributed by atoms with Gasteiger partial charge in [-0.3, -0.25) is 0 Å². The first-order chi connectivity index (χ1) is 19.7. The van der Waals surface area contributed by atoms with Crippen molar-refractivity contribution in [2.45, 2.75) is 6.92 Å². The first-order valence-corrected chi connectivity index (χ1v) is 13.5. The van der Waals surface area contributed by atoms with Crippen LogP contribution in [0.3, 0.4) is 0 Å². The quantitative estimate of drug-likeness (QED) is 0.210. The van der Waals surface area contributed by atoms with Crippen molar-refractivity contribution in [2.75, 3.05) is 16.8 Å². The van der Waals surface area contributed by atoms with Gasteiger partial charge in [-0.1, -0.05) is 90.5 Å². The second-order valence-electron chi connectivity index (χ2n) is 9.92. The third-order valence-electron chi connectivity index (χ3n) is 7.23. The van der Waals surface area contributed by atoms with Gasteiger partial charge < -0.3 is 9.80 Å². The fourth-order valence-corrected chi connectivity index (χ4v) is 4.94. The van der Waals surface area contributed by atoms with Crippen LogP contribution in [-0.4, -0.2) is 12.0 Å². The van der Waals surface area contributed by atoms with Crippen LogP contribution >= 0.6 is 0 Å². The zero-order valence-electron chi connectivity index (χ0n) is 22.8. The van der Waals surface area contributed by atoms with E-state index in [1.165, 1.54) is 27.8 Å². The first-order valence-electron chi connectivity index (χ1n) is 13.5. The number of rotatable bonds is 7. The van der Waals surface area contributed by atoms with E-state index < -0.39 is 0 Å². The Labute approximate surface area is 236 Å². The van der Waals surface area contributed by atoms with E-state index in [1.54, 1.807) is 0 Å². The van der Waals surface area contributed by atoms with Crippen molar-refractivity contribution >= 4 is 28.6 Å². The van der Waals surface area contributed by atoms with E-state index in [0.29, 0.717) is 0 Å². The van der Waals surface area contributed by atoms with Crippen molar-refractivity contribution in [1.29, 1.82) is 0 Å². The molecule has 0 radical (unpaired) electrons. The van der Waals surface area contributed by atoms with E-state index in [9.17, 15) is 0 Å². The predicted molar refractivity (Wildman–Crippen MR) is 169 cm³/mol. The summed E-state index contributed by atoms with van der Waals surface area (Å²) in [4.78, 5) is 8.85. The Hall–Kier alpha value is -5.15. The molecule has 0 atom stereocenters. The van der Waals surface area contributed by atoms with Gasteiger partial charge in [0.2, 0.25) is 0 Å². The van der Waals surface area contributed by atoms with Crippen molar-refractivity contribution in [2.24, 2.45) is 0 Å². The third-order valence-corrected chi connectivity index (χ3v) is 7.23. The van der Waals surface area contributed by atoms with Gasteiger partial charge in [0, 0.05) is 36.0 Å². The summed E-state index contributed by atoms with van der Waals surface area (Å²) < 4.78 is 0. The number of hydrogen-bond donors (Lipinski definition) is 0. The zero-order valence-corrected chi connectivity index (χ0v) is 22.8. The molecule has 40 heavy (non-hydrogen) atoms. The van der Waals surface area contributed by atoms with Crippen LogP contribution in [0.15, 0.2) is 152 Å². The summed E-state index contributed by atoms with van der Waals surface area (Å²) in [6.45, 7) is 2.12. The van der Waals surface area contributed by atoms with Gasteiger partial charge in [-0.25, -0.2) is 4.98 Å². The van der Waals surface area contributed by atoms with Crippen LogP contribution in [-0.2, 0) is 0 Å². The number of nitrogens with zero attached hydrogens (tertiary/aromatic N) is 3. The maximum absolute atomic E-state index is 4.46. The number of aryl methyl sites for hydroxylation is 1. The molecule has 0 fully saturated rings. The van der Waals surface area contributed by atoms with Crippen LogP contribution in [0.2, 0.25) is 0 Å². The molecule has 0 bridgehead atoms. The summed E-state index contributed by atoms with van der Waals surface area (Å²) in [5, 5.41) is 0. The minimum absolute atomic E-state index is 0.924. The second-order valence-corrected chi connectivity index (χ2v) is 9.92. The van der Waals surface area contributed by atoms with Crippen molar-refractivity contribution in [3.63, 3.8) is 0 Å². The Kier molecular flexibility index (Phi) is 7.11. The number of para-hydroxylation sites is 1. The molecule has 0 N–H and O–H groups in total. The smallest absolute Gasteiger partial charge is 0.132 e. The second kappa shape index (κ2) is 11.3. The van der Waals surface area contributed by atoms with Gasteiger partial charge in [0.1, 0.15) is 5.82 Å². The van der Waals surface area contributed by atoms with Gasteiger partial charge in [0.15, 0.2) is 0 Å². The lowest BCUT2D eigenvalue weighted by molar-refractivity contribution is 1.13. The Balaban J connectivity index is 1.27. The summed E-state index contributed by atoms with van der Waals surface area (Å²) in [7, 11) is 2.04. The molecule has 194 valence electrons. The molecule has 0 aliphatic carbocycles. The average Bonchev–Trinajstić information content (AvgIpc) is 3.03. The van der Waals surface area contributed by atoms with Gasteiger partial charge in [-0.05, 0) is 89.8 Å². The van der Waals surface area contributed by atoms with E-state index in [-0.39, 0.29) is 0 Å². The minimum atomic E-state index is 0.924. The van der Waals surface area contributed by atoms with Crippen LogP contribution < -0.4 is 9.80 Å². The highest BCUT2D eigenvalue weighted by Gasteiger charge is 2.13. The maximum Gasteiger partial charge on any atom is 0.132 e. The van der Waals surface area contributed by atoms with Crippen molar-refractivity contribution in [3.05, 3.63) is 157 Å². The van der Waals surface area contributed by atoms with Crippen molar-refractivity contribution in [1.82, 2.24) is 4.98 Å². The average molecular weight is 518 g/mol. The normalized spacial score (nSPS) is 10.8. The summed E-state index contributed by atoms with van der Waals surface area (Å²) >= 11 is 0. The SMILES string of the molecule is Cc1ccc(-c2ccc(N(c3ccccc3)c3ccc(-c4ccc(N(C)c5ccccn5)cc4)cc3)cc2)cc1. The Morgan fingerprint density at radius 2 is 0.850 bits per heavy atom. The molecular formula is C37H31N3. The van der Waals surface area contributed by atoms with Crippen LogP contribution in [0.25, 0.3) is 22.3 Å². The molecule has 0 saturated carbocycles. The monoisotopic (exact) mass is 517 g/mol. The van der Waals surface area contributed by atoms with Crippen LogP contribution in [0.1, 0.15) is 5.56 Å². The molecule has 0 saturated heterocycles. The van der Waals surface area contributed by atoms with E-state index >= 15 is 0 Å². The lowest BCUT2D eigenvalue weighted by Gasteiger charge is -2.26. The highest BCUT2D eigenvalue weighted by molar-refractivity contribution is 5.80. The lowest BCUT2D eigenvalue weighted by atomic mass is 10.0. The molecule has 3 nitrogen and oxygen atoms in total. The molecule has 0 aliphatic heterocycles. The number of pyridine rings is 1. The molecule has 1 heterocycles. The van der Waals surface area contributed by atoms with Gasteiger partial charge in [-0.2, -0.15) is 0 Å². The molecule has 6 aromatic rings. The lowest BCUT2D eigenvalue weighted by Crippen LogP contribution is -2.10. The van der Waals surface area contributed by atoms with Crippen molar-refractivity contribution < 1.29 is 0 Å². The molecule has 3 heteroatoms. The third kappa shape index (κ3) is 5.36. The minimum Gasteiger partial charge on any atom is -0.329 e. The fraction of sp³-hybridized carbons (Fsp3) is 0.0541. The van der Waals surface area contributed by atoms with E-state index in [4.69, 9.17) is 0 Å². The van der Waals surface area contributed by atoms with E-state index in [0.717, 1.165) is 28.6 Å². The number of benzene rings is 5. The van der Waals surface area contributed by atoms with Gasteiger partial charge in [-0.15, -0.1) is 0 Å². The summed E-state index contributed by atoms with van der Waals surface area (Å²) in [6.07, 6.45) is 1.82. The Bertz CT molecular complexity index is 1660. The summed E-state index contributed by atoms with van der Waals surface area (Å²) in [6, 6.07) is 51.4. The zero-order chi connectivity index (χ0) is 27.3. The number of aromatic nitrogens is 1. The molecular weight excluding hydrogens is 486 g/mol. The van der Waals surface area contributed by atoms with Gasteiger partial charge >= 0.3 is 0 Å². The summed E-state index contributed by atoms with van der Waals surface area (Å²) in [5.41, 5.74) is 10.5. The van der Waals surface area contributed by atoms with E-state index in [2.05, 4.69) is 149 Å². The van der Waals surface area contributed by atoms with Crippen LogP contribution in [0.4, 0.5) is 28.6 Å². The molecule has 0 amide bonds. The first kappa shape index (κ1) is 25.1. The largest absolute Gasteiger partial charge is 0.329 e. The molecule has 0 aliphatic rings. The van der Waals surface area contributed by atoms with Gasteiger partial charge in [0.05, 0.1) is 0 Å². The van der Waals surface area contributed by atoms with Crippen molar-refractivity contribution in [3.8, 4) is 22.3 Å². The Morgan fingerprint density at radius 1 is 0.425 bits per heavy atom. The molecule has 1 aromatic heterocycles. The molecule has 5 aromatic carbocycles. The maximum atomic E-state index is 4.46. The van der Waals surface area contributed by atoms with E-state index in [1.807, 2.05) is 31.4 Å². The summed E-state index contributed by atoms with van der Waals surface area (Å²) in [5.74, 6) is 0.924. The fourth-order valence-electron chi connectivity index (χ4n) is 4.94. The molecule has 6 rings (SSSR count). The molecule has 0 unspecified atom stereocenters. The van der Waals surface area contributed by atoms with Gasteiger partial charge in [0.25, 0.3) is 0 Å². The predicted octanol–water partition coefficient (Wildman–Crippen LogP) is 9.96.